The van der Waals surface area contributed by atoms with E-state index in [1.165, 1.54) is 0 Å². The van der Waals surface area contributed by atoms with Crippen molar-refractivity contribution in [2.24, 2.45) is 0 Å². The highest BCUT2D eigenvalue weighted by Crippen LogP contribution is 2.05. The van der Waals surface area contributed by atoms with E-state index < -0.39 is 0 Å². The highest BCUT2D eigenvalue weighted by atomic mass is 16.2. The maximum Gasteiger partial charge on any atom is 0.234 e. The van der Waals surface area contributed by atoms with Crippen LogP contribution in [0.3, 0.4) is 0 Å². The van der Waals surface area contributed by atoms with E-state index in [-0.39, 0.29) is 24.8 Å². The van der Waals surface area contributed by atoms with Crippen LogP contribution in [0, 0.1) is 11.3 Å². The molecule has 0 aliphatic rings. The fourth-order valence-corrected chi connectivity index (χ4v) is 1.76. The third kappa shape index (κ3) is 4.82. The molecular weight excluding hydrogens is 254 g/mol. The van der Waals surface area contributed by atoms with Crippen LogP contribution < -0.4 is 5.32 Å². The van der Waals surface area contributed by atoms with Crippen molar-refractivity contribution in [1.29, 1.82) is 5.26 Å². The van der Waals surface area contributed by atoms with Gasteiger partial charge >= 0.3 is 0 Å². The Labute approximate surface area is 119 Å². The SMILES string of the molecule is CCNC(=O)CN(CC)CC(=O)c1ccc(C#N)cc1. The van der Waals surface area contributed by atoms with Gasteiger partial charge in [0, 0.05) is 12.1 Å². The van der Waals surface area contributed by atoms with Gasteiger partial charge in [0.05, 0.1) is 24.7 Å². The summed E-state index contributed by atoms with van der Waals surface area (Å²) in [7, 11) is 0. The van der Waals surface area contributed by atoms with Gasteiger partial charge < -0.3 is 5.32 Å². The Morgan fingerprint density at radius 2 is 1.85 bits per heavy atom. The zero-order valence-corrected chi connectivity index (χ0v) is 11.8. The number of ketones is 1. The molecule has 0 aromatic heterocycles. The molecule has 106 valence electrons. The third-order valence-corrected chi connectivity index (χ3v) is 2.89. The van der Waals surface area contributed by atoms with Crippen LogP contribution in [0.4, 0.5) is 0 Å². The molecule has 20 heavy (non-hydrogen) atoms. The summed E-state index contributed by atoms with van der Waals surface area (Å²) in [6, 6.07) is 8.53. The van der Waals surface area contributed by atoms with Gasteiger partial charge in [0.25, 0.3) is 0 Å². The standard InChI is InChI=1S/C15H19N3O2/c1-3-17-15(20)11-18(4-2)10-14(19)13-7-5-12(9-16)6-8-13/h5-8H,3-4,10-11H2,1-2H3,(H,17,20). The van der Waals surface area contributed by atoms with E-state index in [0.717, 1.165) is 0 Å². The molecule has 0 unspecified atom stereocenters. The number of Topliss-reactive ketones (excluding diaryl/α,β-unsaturated/α-hetero) is 1. The average Bonchev–Trinajstić information content (AvgIpc) is 2.46. The van der Waals surface area contributed by atoms with Gasteiger partial charge in [-0.25, -0.2) is 0 Å². The molecule has 0 saturated heterocycles. The van der Waals surface area contributed by atoms with Gasteiger partial charge in [-0.15, -0.1) is 0 Å². The van der Waals surface area contributed by atoms with Crippen LogP contribution in [0.25, 0.3) is 0 Å². The van der Waals surface area contributed by atoms with Crippen LogP contribution in [-0.4, -0.2) is 42.8 Å². The lowest BCUT2D eigenvalue weighted by molar-refractivity contribution is -0.121. The van der Waals surface area contributed by atoms with E-state index in [2.05, 4.69) is 5.32 Å². The first-order valence-electron chi connectivity index (χ1n) is 6.63. The van der Waals surface area contributed by atoms with Crippen molar-refractivity contribution >= 4 is 11.7 Å². The lowest BCUT2D eigenvalue weighted by atomic mass is 10.1. The van der Waals surface area contributed by atoms with E-state index >= 15 is 0 Å². The Kier molecular flexibility index (Phi) is 6.41. The van der Waals surface area contributed by atoms with Gasteiger partial charge in [0.15, 0.2) is 5.78 Å². The topological polar surface area (TPSA) is 73.2 Å². The summed E-state index contributed by atoms with van der Waals surface area (Å²) >= 11 is 0. The molecule has 0 aliphatic carbocycles. The quantitative estimate of drug-likeness (QED) is 0.758. The monoisotopic (exact) mass is 273 g/mol. The highest BCUT2D eigenvalue weighted by molar-refractivity contribution is 5.98. The van der Waals surface area contributed by atoms with E-state index in [4.69, 9.17) is 5.26 Å². The Morgan fingerprint density at radius 3 is 2.35 bits per heavy atom. The molecule has 0 aliphatic heterocycles. The predicted octanol–water partition coefficient (Wildman–Crippen LogP) is 1.20. The number of rotatable bonds is 7. The van der Waals surface area contributed by atoms with Crippen LogP contribution in [0.15, 0.2) is 24.3 Å². The summed E-state index contributed by atoms with van der Waals surface area (Å²) < 4.78 is 0. The Balaban J connectivity index is 2.62. The smallest absolute Gasteiger partial charge is 0.234 e. The summed E-state index contributed by atoms with van der Waals surface area (Å²) in [5.41, 5.74) is 1.08. The van der Waals surface area contributed by atoms with Gasteiger partial charge in [-0.2, -0.15) is 5.26 Å². The normalized spacial score (nSPS) is 10.1. The third-order valence-electron chi connectivity index (χ3n) is 2.89. The second-order valence-corrected chi connectivity index (χ2v) is 4.37. The first-order chi connectivity index (χ1) is 9.60. The largest absolute Gasteiger partial charge is 0.355 e. The summed E-state index contributed by atoms with van der Waals surface area (Å²) in [5.74, 6) is -0.136. The van der Waals surface area contributed by atoms with Crippen LogP contribution in [0.2, 0.25) is 0 Å². The minimum absolute atomic E-state index is 0.0550. The molecule has 0 radical (unpaired) electrons. The number of likely N-dealkylation sites (N-methyl/N-ethyl adjacent to an activating group) is 2. The summed E-state index contributed by atoms with van der Waals surface area (Å²) in [6.45, 7) is 5.38. The zero-order valence-electron chi connectivity index (χ0n) is 11.8. The lowest BCUT2D eigenvalue weighted by Gasteiger charge is -2.18. The second kappa shape index (κ2) is 8.08. The Hall–Kier alpha value is -2.19. The minimum Gasteiger partial charge on any atom is -0.355 e. The number of nitrogens with one attached hydrogen (secondary N) is 1. The van der Waals surface area contributed by atoms with Crippen LogP contribution >= 0.6 is 0 Å². The minimum atomic E-state index is -0.0815. The zero-order chi connectivity index (χ0) is 15.0. The molecule has 0 fully saturated rings. The number of nitrogens with zero attached hydrogens (tertiary/aromatic N) is 2. The molecule has 1 N–H and O–H groups in total. The van der Waals surface area contributed by atoms with Crippen molar-refractivity contribution in [3.05, 3.63) is 35.4 Å². The molecule has 1 rings (SSSR count). The molecule has 1 amide bonds. The fraction of sp³-hybridized carbons (Fsp3) is 0.400. The van der Waals surface area contributed by atoms with Crippen molar-refractivity contribution in [3.63, 3.8) is 0 Å². The summed E-state index contributed by atoms with van der Waals surface area (Å²) in [5, 5.41) is 11.4. The predicted molar refractivity (Wildman–Crippen MR) is 76.3 cm³/mol. The van der Waals surface area contributed by atoms with Crippen molar-refractivity contribution in [3.8, 4) is 6.07 Å². The highest BCUT2D eigenvalue weighted by Gasteiger charge is 2.14. The molecule has 1 aromatic rings. The molecule has 0 heterocycles. The number of nitriles is 1. The molecule has 0 atom stereocenters. The number of hydrogen-bond acceptors (Lipinski definition) is 4. The Morgan fingerprint density at radius 1 is 1.20 bits per heavy atom. The van der Waals surface area contributed by atoms with Crippen molar-refractivity contribution < 1.29 is 9.59 Å². The Bertz CT molecular complexity index is 503. The molecule has 0 spiro atoms. The molecule has 0 bridgehead atoms. The average molecular weight is 273 g/mol. The number of hydrogen-bond donors (Lipinski definition) is 1. The van der Waals surface area contributed by atoms with Gasteiger partial charge in [-0.3, -0.25) is 14.5 Å². The van der Waals surface area contributed by atoms with Gasteiger partial charge in [0.1, 0.15) is 0 Å². The molecule has 5 nitrogen and oxygen atoms in total. The first kappa shape index (κ1) is 15.9. The van der Waals surface area contributed by atoms with Crippen molar-refractivity contribution in [2.45, 2.75) is 13.8 Å². The number of benzene rings is 1. The first-order valence-corrected chi connectivity index (χ1v) is 6.63. The number of carbonyl (C=O) groups excluding carboxylic acids is 2. The maximum absolute atomic E-state index is 12.1. The van der Waals surface area contributed by atoms with Gasteiger partial charge in [-0.1, -0.05) is 19.1 Å². The van der Waals surface area contributed by atoms with Crippen LogP contribution in [0.5, 0.6) is 0 Å². The van der Waals surface area contributed by atoms with E-state index in [1.807, 2.05) is 19.9 Å². The van der Waals surface area contributed by atoms with E-state index in [0.29, 0.717) is 24.2 Å². The summed E-state index contributed by atoms with van der Waals surface area (Å²) in [6.07, 6.45) is 0. The van der Waals surface area contributed by atoms with E-state index in [9.17, 15) is 9.59 Å². The van der Waals surface area contributed by atoms with Crippen LogP contribution in [0.1, 0.15) is 29.8 Å². The maximum atomic E-state index is 12.1. The fourth-order valence-electron chi connectivity index (χ4n) is 1.76. The van der Waals surface area contributed by atoms with Gasteiger partial charge in [-0.05, 0) is 25.6 Å². The second-order valence-electron chi connectivity index (χ2n) is 4.37. The van der Waals surface area contributed by atoms with Crippen LogP contribution in [-0.2, 0) is 4.79 Å². The van der Waals surface area contributed by atoms with Crippen molar-refractivity contribution in [1.82, 2.24) is 10.2 Å². The lowest BCUT2D eigenvalue weighted by Crippen LogP contribution is -2.39. The van der Waals surface area contributed by atoms with Gasteiger partial charge in [0.2, 0.25) is 5.91 Å². The molecular formula is C15H19N3O2. The van der Waals surface area contributed by atoms with Crippen molar-refractivity contribution in [2.75, 3.05) is 26.2 Å². The molecule has 0 saturated carbocycles. The summed E-state index contributed by atoms with van der Waals surface area (Å²) in [4.78, 5) is 25.4. The molecule has 1 aromatic carbocycles. The number of amides is 1. The van der Waals surface area contributed by atoms with E-state index in [1.54, 1.807) is 29.2 Å². The number of carbonyl (C=O) groups is 2. The molecule has 5 heteroatoms.